The number of rotatable bonds is 2. The summed E-state index contributed by atoms with van der Waals surface area (Å²) < 4.78 is 31.9. The number of hydrogen-bond donors (Lipinski definition) is 0. The van der Waals surface area contributed by atoms with Crippen LogP contribution in [0.25, 0.3) is 0 Å². The van der Waals surface area contributed by atoms with Crippen molar-refractivity contribution < 1.29 is 13.5 Å². The van der Waals surface area contributed by atoms with Crippen LogP contribution in [-0.2, 0) is 4.74 Å². The van der Waals surface area contributed by atoms with Crippen LogP contribution in [0, 0.1) is 5.92 Å². The Morgan fingerprint density at radius 3 is 2.43 bits per heavy atom. The van der Waals surface area contributed by atoms with Gasteiger partial charge in [-0.05, 0) is 32.8 Å². The molecule has 0 aromatic heterocycles. The molecular weight excluding hydrogens is 186 g/mol. The third kappa shape index (κ3) is 2.14. The van der Waals surface area contributed by atoms with E-state index in [1.165, 1.54) is 0 Å². The van der Waals surface area contributed by atoms with Crippen LogP contribution >= 0.6 is 0 Å². The van der Waals surface area contributed by atoms with Crippen LogP contribution < -0.4 is 0 Å². The molecule has 1 nitrogen and oxygen atoms in total. The van der Waals surface area contributed by atoms with Gasteiger partial charge in [0.15, 0.2) is 11.6 Å². The van der Waals surface area contributed by atoms with Gasteiger partial charge in [-0.15, -0.1) is 0 Å². The van der Waals surface area contributed by atoms with Crippen LogP contribution in [0.4, 0.5) is 8.78 Å². The summed E-state index contributed by atoms with van der Waals surface area (Å²) in [6.07, 6.45) is 0.397. The van der Waals surface area contributed by atoms with Crippen LogP contribution in [0.15, 0.2) is 23.0 Å². The van der Waals surface area contributed by atoms with Gasteiger partial charge in [-0.25, -0.2) is 4.39 Å². The van der Waals surface area contributed by atoms with Crippen LogP contribution in [0.1, 0.15) is 34.1 Å². The minimum Gasteiger partial charge on any atom is -0.488 e. The molecule has 1 aliphatic carbocycles. The Kier molecular flexibility index (Phi) is 3.29. The zero-order valence-corrected chi connectivity index (χ0v) is 9.03. The monoisotopic (exact) mass is 202 g/mol. The average Bonchev–Trinajstić information content (AvgIpc) is 2.09. The Bertz CT molecular complexity index is 290. The maximum atomic E-state index is 13.4. The fourth-order valence-electron chi connectivity index (χ4n) is 1.54. The van der Waals surface area contributed by atoms with E-state index >= 15 is 0 Å². The fraction of sp³-hybridized carbons (Fsp3) is 0.636. The summed E-state index contributed by atoms with van der Waals surface area (Å²) >= 11 is 0. The van der Waals surface area contributed by atoms with Gasteiger partial charge in [0.1, 0.15) is 5.83 Å². The van der Waals surface area contributed by atoms with Crippen molar-refractivity contribution in [2.75, 3.05) is 0 Å². The summed E-state index contributed by atoms with van der Waals surface area (Å²) in [6.45, 7) is 7.04. The summed E-state index contributed by atoms with van der Waals surface area (Å²) in [5.41, 5.74) is 0.783. The Labute approximate surface area is 83.4 Å². The largest absolute Gasteiger partial charge is 0.488 e. The second-order valence-electron chi connectivity index (χ2n) is 4.04. The van der Waals surface area contributed by atoms with Crippen molar-refractivity contribution in [2.24, 2.45) is 5.92 Å². The van der Waals surface area contributed by atoms with Gasteiger partial charge < -0.3 is 4.74 Å². The maximum Gasteiger partial charge on any atom is 0.196 e. The zero-order valence-electron chi connectivity index (χ0n) is 9.03. The normalized spacial score (nSPS) is 23.5. The van der Waals surface area contributed by atoms with Gasteiger partial charge in [-0.1, -0.05) is 6.92 Å². The highest BCUT2D eigenvalue weighted by Crippen LogP contribution is 2.36. The lowest BCUT2D eigenvalue weighted by Gasteiger charge is -2.22. The first-order valence-corrected chi connectivity index (χ1v) is 4.85. The molecule has 0 spiro atoms. The topological polar surface area (TPSA) is 9.23 Å². The average molecular weight is 202 g/mol. The molecule has 0 heterocycles. The van der Waals surface area contributed by atoms with E-state index in [9.17, 15) is 8.78 Å². The molecule has 0 radical (unpaired) electrons. The van der Waals surface area contributed by atoms with Gasteiger partial charge in [-0.3, -0.25) is 0 Å². The van der Waals surface area contributed by atoms with Crippen molar-refractivity contribution in [3.63, 3.8) is 0 Å². The lowest BCUT2D eigenvalue weighted by atomic mass is 9.94. The molecule has 0 amide bonds. The summed E-state index contributed by atoms with van der Waals surface area (Å²) in [5.74, 6) is -1.79. The Balaban J connectivity index is 2.98. The van der Waals surface area contributed by atoms with Gasteiger partial charge in [0, 0.05) is 5.92 Å². The number of halogens is 2. The van der Waals surface area contributed by atoms with E-state index in [2.05, 4.69) is 0 Å². The molecule has 1 atom stereocenters. The predicted molar refractivity (Wildman–Crippen MR) is 51.9 cm³/mol. The molecule has 0 aromatic carbocycles. The first-order valence-electron chi connectivity index (χ1n) is 4.85. The van der Waals surface area contributed by atoms with Crippen LogP contribution in [0.5, 0.6) is 0 Å². The highest BCUT2D eigenvalue weighted by atomic mass is 19.2. The van der Waals surface area contributed by atoms with E-state index in [0.717, 1.165) is 5.57 Å². The third-order valence-corrected chi connectivity index (χ3v) is 2.20. The van der Waals surface area contributed by atoms with Crippen LogP contribution in [-0.4, -0.2) is 6.10 Å². The van der Waals surface area contributed by atoms with Gasteiger partial charge in [0.05, 0.1) is 6.10 Å². The highest BCUT2D eigenvalue weighted by molar-refractivity contribution is 5.32. The van der Waals surface area contributed by atoms with E-state index in [1.54, 1.807) is 27.7 Å². The minimum atomic E-state index is -0.824. The van der Waals surface area contributed by atoms with Crippen molar-refractivity contribution in [3.8, 4) is 0 Å². The second-order valence-corrected chi connectivity index (χ2v) is 4.04. The second kappa shape index (κ2) is 4.11. The quantitative estimate of drug-likeness (QED) is 0.660. The number of allylic oxidation sites excluding steroid dienone is 3. The first kappa shape index (κ1) is 11.2. The van der Waals surface area contributed by atoms with Crippen molar-refractivity contribution in [2.45, 2.75) is 40.2 Å². The van der Waals surface area contributed by atoms with Crippen LogP contribution in [0.2, 0.25) is 0 Å². The number of hydrogen-bond acceptors (Lipinski definition) is 1. The SMILES string of the molecule is CC1=C(OC(C)C)C(F)=C(F)C(C)C1. The highest BCUT2D eigenvalue weighted by Gasteiger charge is 2.27. The van der Waals surface area contributed by atoms with E-state index in [1.807, 2.05) is 0 Å². The maximum absolute atomic E-state index is 13.4. The zero-order chi connectivity index (χ0) is 10.9. The van der Waals surface area contributed by atoms with E-state index in [-0.39, 0.29) is 17.8 Å². The molecule has 0 aromatic rings. The molecular formula is C11H16F2O. The summed E-state index contributed by atoms with van der Waals surface area (Å²) in [5, 5.41) is 0. The molecule has 14 heavy (non-hydrogen) atoms. The molecule has 3 heteroatoms. The lowest BCUT2D eigenvalue weighted by molar-refractivity contribution is 0.136. The van der Waals surface area contributed by atoms with Crippen molar-refractivity contribution in [3.05, 3.63) is 23.0 Å². The van der Waals surface area contributed by atoms with Gasteiger partial charge >= 0.3 is 0 Å². The van der Waals surface area contributed by atoms with Crippen molar-refractivity contribution in [1.29, 1.82) is 0 Å². The molecule has 0 aliphatic heterocycles. The summed E-state index contributed by atoms with van der Waals surface area (Å²) in [7, 11) is 0. The first-order chi connectivity index (χ1) is 6.43. The van der Waals surface area contributed by atoms with Crippen molar-refractivity contribution in [1.82, 2.24) is 0 Å². The Morgan fingerprint density at radius 2 is 1.93 bits per heavy atom. The Hall–Kier alpha value is -0.860. The molecule has 80 valence electrons. The van der Waals surface area contributed by atoms with Gasteiger partial charge in [-0.2, -0.15) is 4.39 Å². The smallest absolute Gasteiger partial charge is 0.196 e. The van der Waals surface area contributed by atoms with E-state index in [4.69, 9.17) is 4.74 Å². The van der Waals surface area contributed by atoms with Crippen molar-refractivity contribution >= 4 is 0 Å². The Morgan fingerprint density at radius 1 is 1.36 bits per heavy atom. The number of ether oxygens (including phenoxy) is 1. The van der Waals surface area contributed by atoms with Gasteiger partial charge in [0.2, 0.25) is 0 Å². The van der Waals surface area contributed by atoms with E-state index in [0.29, 0.717) is 6.42 Å². The third-order valence-electron chi connectivity index (χ3n) is 2.20. The fourth-order valence-corrected chi connectivity index (χ4v) is 1.54. The minimum absolute atomic E-state index is 0.0931. The summed E-state index contributed by atoms with van der Waals surface area (Å²) in [6, 6.07) is 0. The predicted octanol–water partition coefficient (Wildman–Crippen LogP) is 3.88. The molecule has 0 bridgehead atoms. The lowest BCUT2D eigenvalue weighted by Crippen LogP contribution is -2.13. The molecule has 1 rings (SSSR count). The standard InChI is InChI=1S/C11H16F2O/c1-6(2)14-11-8(4)5-7(3)9(12)10(11)13/h6-7H,5H2,1-4H3. The molecule has 0 fully saturated rings. The van der Waals surface area contributed by atoms with E-state index < -0.39 is 11.7 Å². The molecule has 1 unspecified atom stereocenters. The molecule has 1 aliphatic rings. The van der Waals surface area contributed by atoms with Gasteiger partial charge in [0.25, 0.3) is 0 Å². The molecule has 0 saturated heterocycles. The summed E-state index contributed by atoms with van der Waals surface area (Å²) in [4.78, 5) is 0. The van der Waals surface area contributed by atoms with Crippen LogP contribution in [0.3, 0.4) is 0 Å². The molecule has 0 saturated carbocycles. The molecule has 0 N–H and O–H groups in total.